The van der Waals surface area contributed by atoms with Crippen molar-refractivity contribution >= 4 is 5.91 Å². The van der Waals surface area contributed by atoms with E-state index in [1.807, 2.05) is 4.90 Å². The van der Waals surface area contributed by atoms with Crippen molar-refractivity contribution in [2.24, 2.45) is 0 Å². The number of rotatable bonds is 5. The third kappa shape index (κ3) is 4.21. The van der Waals surface area contributed by atoms with E-state index in [1.165, 1.54) is 0 Å². The number of nitrogens with zero attached hydrogens (tertiary/aromatic N) is 1. The van der Waals surface area contributed by atoms with Crippen molar-refractivity contribution in [1.29, 1.82) is 0 Å². The van der Waals surface area contributed by atoms with Gasteiger partial charge in [0, 0.05) is 25.6 Å². The summed E-state index contributed by atoms with van der Waals surface area (Å²) in [5.41, 5.74) is 0. The predicted octanol–water partition coefficient (Wildman–Crippen LogP) is 0.237. The minimum Gasteiger partial charge on any atom is -0.378 e. The molecule has 1 atom stereocenters. The first-order chi connectivity index (χ1) is 7.77. The molecule has 0 radical (unpaired) electrons. The topological polar surface area (TPSA) is 41.6 Å². The first kappa shape index (κ1) is 13.0. The van der Waals surface area contributed by atoms with Gasteiger partial charge >= 0.3 is 0 Å². The molecule has 1 unspecified atom stereocenters. The minimum absolute atomic E-state index is 0.138. The van der Waals surface area contributed by atoms with Gasteiger partial charge in [-0.25, -0.2) is 0 Å². The smallest absolute Gasteiger partial charge is 0.236 e. The number of terminal acetylenes is 1. The summed E-state index contributed by atoms with van der Waals surface area (Å²) >= 11 is 0. The Balaban J connectivity index is 2.25. The molecule has 1 heterocycles. The molecule has 4 heteroatoms. The third-order valence-electron chi connectivity index (χ3n) is 2.76. The fourth-order valence-electron chi connectivity index (χ4n) is 1.66. The second-order valence-corrected chi connectivity index (χ2v) is 3.89. The lowest BCUT2D eigenvalue weighted by Crippen LogP contribution is -2.46. The normalized spacial score (nSPS) is 17.9. The molecule has 4 nitrogen and oxygen atoms in total. The summed E-state index contributed by atoms with van der Waals surface area (Å²) < 4.78 is 5.19. The monoisotopic (exact) mass is 224 g/mol. The molecule has 0 bridgehead atoms. The maximum Gasteiger partial charge on any atom is 0.236 e. The van der Waals surface area contributed by atoms with Gasteiger partial charge in [-0.05, 0) is 6.42 Å². The molecule has 1 aliphatic rings. The molecule has 1 saturated heterocycles. The molecule has 0 aliphatic carbocycles. The van der Waals surface area contributed by atoms with Crippen LogP contribution in [0.4, 0.5) is 0 Å². The Morgan fingerprint density at radius 3 is 2.81 bits per heavy atom. The number of hydrogen-bond donors (Lipinski definition) is 1. The summed E-state index contributed by atoms with van der Waals surface area (Å²) in [6.45, 7) is 5.13. The Morgan fingerprint density at radius 1 is 1.56 bits per heavy atom. The first-order valence-electron chi connectivity index (χ1n) is 5.80. The second kappa shape index (κ2) is 7.26. The van der Waals surface area contributed by atoms with Crippen LogP contribution in [0.15, 0.2) is 0 Å². The number of hydrogen-bond acceptors (Lipinski definition) is 3. The number of amides is 1. The summed E-state index contributed by atoms with van der Waals surface area (Å²) in [5, 5.41) is 3.19. The number of carbonyl (C=O) groups excluding carboxylic acids is 1. The van der Waals surface area contributed by atoms with E-state index in [1.54, 1.807) is 0 Å². The molecule has 0 aromatic rings. The summed E-state index contributed by atoms with van der Waals surface area (Å²) in [6.07, 6.45) is 6.87. The van der Waals surface area contributed by atoms with Crippen molar-refractivity contribution < 1.29 is 9.53 Å². The van der Waals surface area contributed by atoms with E-state index in [0.29, 0.717) is 39.3 Å². The number of nitrogens with one attached hydrogen (secondary N) is 1. The van der Waals surface area contributed by atoms with E-state index in [2.05, 4.69) is 18.2 Å². The maximum absolute atomic E-state index is 11.8. The van der Waals surface area contributed by atoms with Gasteiger partial charge in [0.05, 0.1) is 19.8 Å². The van der Waals surface area contributed by atoms with Crippen molar-refractivity contribution in [2.45, 2.75) is 25.8 Å². The molecular weight excluding hydrogens is 204 g/mol. The van der Waals surface area contributed by atoms with Crippen molar-refractivity contribution in [3.63, 3.8) is 0 Å². The predicted molar refractivity (Wildman–Crippen MR) is 62.9 cm³/mol. The highest BCUT2D eigenvalue weighted by Gasteiger charge is 2.17. The Bertz CT molecular complexity index is 254. The lowest BCUT2D eigenvalue weighted by molar-refractivity contribution is -0.134. The number of ether oxygens (including phenoxy) is 1. The highest BCUT2D eigenvalue weighted by atomic mass is 16.5. The van der Waals surface area contributed by atoms with Crippen LogP contribution in [-0.2, 0) is 9.53 Å². The highest BCUT2D eigenvalue weighted by molar-refractivity contribution is 5.78. The van der Waals surface area contributed by atoms with Gasteiger partial charge in [-0.3, -0.25) is 4.79 Å². The summed E-state index contributed by atoms with van der Waals surface area (Å²) in [7, 11) is 0. The molecule has 1 aliphatic heterocycles. The fraction of sp³-hybridized carbons (Fsp3) is 0.750. The average molecular weight is 224 g/mol. The molecule has 90 valence electrons. The van der Waals surface area contributed by atoms with Crippen LogP contribution in [0.25, 0.3) is 0 Å². The Kier molecular flexibility index (Phi) is 5.91. The first-order valence-corrected chi connectivity index (χ1v) is 5.80. The van der Waals surface area contributed by atoms with Crippen molar-refractivity contribution in [3.8, 4) is 12.3 Å². The highest BCUT2D eigenvalue weighted by Crippen LogP contribution is 1.99. The number of carbonyl (C=O) groups is 1. The molecule has 0 aromatic carbocycles. The fourth-order valence-corrected chi connectivity index (χ4v) is 1.66. The van der Waals surface area contributed by atoms with Crippen LogP contribution in [0.2, 0.25) is 0 Å². The zero-order chi connectivity index (χ0) is 11.8. The zero-order valence-electron chi connectivity index (χ0n) is 9.87. The minimum atomic E-state index is 0.138. The van der Waals surface area contributed by atoms with Gasteiger partial charge in [-0.15, -0.1) is 12.3 Å². The summed E-state index contributed by atoms with van der Waals surface area (Å²) in [6, 6.07) is 0.245. The molecule has 1 fully saturated rings. The quantitative estimate of drug-likeness (QED) is 0.680. The molecule has 0 saturated carbocycles. The largest absolute Gasteiger partial charge is 0.378 e. The van der Waals surface area contributed by atoms with Crippen molar-refractivity contribution in [2.75, 3.05) is 32.8 Å². The molecule has 1 N–H and O–H groups in total. The van der Waals surface area contributed by atoms with E-state index < -0.39 is 0 Å². The van der Waals surface area contributed by atoms with E-state index >= 15 is 0 Å². The Labute approximate surface area is 97.3 Å². The van der Waals surface area contributed by atoms with E-state index in [0.717, 1.165) is 6.42 Å². The Hall–Kier alpha value is -1.05. The standard InChI is InChI=1S/C12H20N2O2/c1-3-5-11(4-2)13-10-12(15)14-6-8-16-9-7-14/h1,11,13H,4-10H2,2H3. The molecule has 1 rings (SSSR count). The van der Waals surface area contributed by atoms with Gasteiger partial charge < -0.3 is 15.0 Å². The van der Waals surface area contributed by atoms with Gasteiger partial charge in [-0.2, -0.15) is 0 Å². The molecule has 1 amide bonds. The van der Waals surface area contributed by atoms with E-state index in [4.69, 9.17) is 11.2 Å². The van der Waals surface area contributed by atoms with Gasteiger partial charge in [0.2, 0.25) is 5.91 Å². The average Bonchev–Trinajstić information content (AvgIpc) is 2.35. The second-order valence-electron chi connectivity index (χ2n) is 3.89. The van der Waals surface area contributed by atoms with Crippen molar-refractivity contribution in [3.05, 3.63) is 0 Å². The lowest BCUT2D eigenvalue weighted by atomic mass is 10.1. The zero-order valence-corrected chi connectivity index (χ0v) is 9.87. The van der Waals surface area contributed by atoms with Gasteiger partial charge in [0.15, 0.2) is 0 Å². The molecular formula is C12H20N2O2. The molecule has 0 spiro atoms. The maximum atomic E-state index is 11.8. The van der Waals surface area contributed by atoms with Crippen LogP contribution in [0.3, 0.4) is 0 Å². The van der Waals surface area contributed by atoms with Crippen LogP contribution < -0.4 is 5.32 Å². The third-order valence-corrected chi connectivity index (χ3v) is 2.76. The van der Waals surface area contributed by atoms with Gasteiger partial charge in [0.25, 0.3) is 0 Å². The van der Waals surface area contributed by atoms with Crippen LogP contribution in [0.5, 0.6) is 0 Å². The van der Waals surface area contributed by atoms with Crippen LogP contribution in [0, 0.1) is 12.3 Å². The van der Waals surface area contributed by atoms with E-state index in [9.17, 15) is 4.79 Å². The van der Waals surface area contributed by atoms with Crippen LogP contribution in [0.1, 0.15) is 19.8 Å². The molecule has 16 heavy (non-hydrogen) atoms. The number of morpholine rings is 1. The van der Waals surface area contributed by atoms with Crippen LogP contribution in [-0.4, -0.2) is 49.7 Å². The van der Waals surface area contributed by atoms with Gasteiger partial charge in [0.1, 0.15) is 0 Å². The summed E-state index contributed by atoms with van der Waals surface area (Å²) in [5.74, 6) is 2.75. The summed E-state index contributed by atoms with van der Waals surface area (Å²) in [4.78, 5) is 13.6. The van der Waals surface area contributed by atoms with E-state index in [-0.39, 0.29) is 11.9 Å². The van der Waals surface area contributed by atoms with Crippen LogP contribution >= 0.6 is 0 Å². The lowest BCUT2D eigenvalue weighted by Gasteiger charge is -2.27. The Morgan fingerprint density at radius 2 is 2.25 bits per heavy atom. The molecule has 0 aromatic heterocycles. The van der Waals surface area contributed by atoms with Crippen molar-refractivity contribution in [1.82, 2.24) is 10.2 Å². The SMILES string of the molecule is C#CCC(CC)NCC(=O)N1CCOCC1. The van der Waals surface area contributed by atoms with Gasteiger partial charge in [-0.1, -0.05) is 6.92 Å².